The van der Waals surface area contributed by atoms with Crippen molar-refractivity contribution in [2.45, 2.75) is 13.8 Å². The normalized spacial score (nSPS) is 10.3. The van der Waals surface area contributed by atoms with Gasteiger partial charge in [0.05, 0.1) is 4.92 Å². The molecule has 21 heavy (non-hydrogen) atoms. The first-order valence-electron chi connectivity index (χ1n) is 6.58. The number of nitro groups is 1. The number of nitrogens with zero attached hydrogens (tertiary/aromatic N) is 3. The molecule has 0 bridgehead atoms. The monoisotopic (exact) mass is 286 g/mol. The molecule has 6 heteroatoms. The molecule has 0 atom stereocenters. The predicted octanol–water partition coefficient (Wildman–Crippen LogP) is 3.42. The van der Waals surface area contributed by atoms with Crippen molar-refractivity contribution in [2.75, 3.05) is 24.3 Å². The lowest BCUT2D eigenvalue weighted by atomic mass is 10.1. The lowest BCUT2D eigenvalue weighted by molar-refractivity contribution is -0.384. The summed E-state index contributed by atoms with van der Waals surface area (Å²) in [6.45, 7) is 3.99. The molecule has 0 aliphatic carbocycles. The van der Waals surface area contributed by atoms with Crippen LogP contribution in [0, 0.1) is 24.0 Å². The van der Waals surface area contributed by atoms with Crippen LogP contribution in [-0.2, 0) is 0 Å². The Labute approximate surface area is 123 Å². The maximum Gasteiger partial charge on any atom is 0.312 e. The van der Waals surface area contributed by atoms with Gasteiger partial charge in [0.2, 0.25) is 5.82 Å². The Morgan fingerprint density at radius 2 is 1.95 bits per heavy atom. The van der Waals surface area contributed by atoms with E-state index in [2.05, 4.69) is 10.3 Å². The second-order valence-electron chi connectivity index (χ2n) is 4.90. The van der Waals surface area contributed by atoms with E-state index in [0.717, 1.165) is 16.8 Å². The quantitative estimate of drug-likeness (QED) is 0.688. The molecule has 0 amide bonds. The van der Waals surface area contributed by atoms with Crippen molar-refractivity contribution in [1.29, 1.82) is 0 Å². The highest BCUT2D eigenvalue weighted by Gasteiger charge is 2.21. The zero-order valence-corrected chi connectivity index (χ0v) is 12.5. The van der Waals surface area contributed by atoms with Crippen molar-refractivity contribution in [3.05, 3.63) is 51.6 Å². The first-order valence-corrected chi connectivity index (χ1v) is 6.58. The Bertz CT molecular complexity index is 685. The minimum atomic E-state index is -0.415. The Hall–Kier alpha value is -2.63. The van der Waals surface area contributed by atoms with Gasteiger partial charge in [-0.1, -0.05) is 17.7 Å². The van der Waals surface area contributed by atoms with E-state index in [9.17, 15) is 10.1 Å². The number of nitrogens with one attached hydrogen (secondary N) is 1. The van der Waals surface area contributed by atoms with Crippen molar-refractivity contribution in [3.8, 4) is 0 Å². The number of aryl methyl sites for hydroxylation is 2. The highest BCUT2D eigenvalue weighted by molar-refractivity contribution is 5.71. The van der Waals surface area contributed by atoms with E-state index in [1.165, 1.54) is 6.07 Å². The number of hydrogen-bond donors (Lipinski definition) is 1. The average molecular weight is 286 g/mol. The van der Waals surface area contributed by atoms with Crippen LogP contribution in [0.1, 0.15) is 11.1 Å². The molecule has 2 aromatic rings. The molecule has 0 aliphatic rings. The minimum absolute atomic E-state index is 0.0172. The average Bonchev–Trinajstić information content (AvgIpc) is 2.45. The first-order chi connectivity index (χ1) is 9.93. The summed E-state index contributed by atoms with van der Waals surface area (Å²) in [7, 11) is 3.52. The van der Waals surface area contributed by atoms with E-state index in [0.29, 0.717) is 11.6 Å². The fraction of sp³-hybridized carbons (Fsp3) is 0.267. The van der Waals surface area contributed by atoms with Gasteiger partial charge in [0, 0.05) is 25.8 Å². The minimum Gasteiger partial charge on any atom is -0.373 e. The zero-order chi connectivity index (χ0) is 15.6. The molecule has 0 fully saturated rings. The first kappa shape index (κ1) is 14.8. The van der Waals surface area contributed by atoms with E-state index in [4.69, 9.17) is 0 Å². The van der Waals surface area contributed by atoms with Gasteiger partial charge < -0.3 is 10.2 Å². The fourth-order valence-corrected chi connectivity index (χ4v) is 2.27. The van der Waals surface area contributed by atoms with E-state index >= 15 is 0 Å². The molecule has 110 valence electrons. The lowest BCUT2D eigenvalue weighted by Crippen LogP contribution is -2.15. The zero-order valence-electron chi connectivity index (χ0n) is 12.5. The van der Waals surface area contributed by atoms with Gasteiger partial charge in [-0.3, -0.25) is 10.1 Å². The molecule has 0 aliphatic heterocycles. The van der Waals surface area contributed by atoms with E-state index in [1.54, 1.807) is 25.1 Å². The standard InChI is InChI=1S/C15H18N4O2/c1-10-5-6-12(11(2)9-10)18(4)15-13(19(20)21)7-8-14(16-3)17-15/h5-9H,1-4H3,(H,16,17). The second-order valence-corrected chi connectivity index (χ2v) is 4.90. The van der Waals surface area contributed by atoms with Crippen LogP contribution in [0.15, 0.2) is 30.3 Å². The van der Waals surface area contributed by atoms with Gasteiger partial charge in [-0.25, -0.2) is 4.98 Å². The third-order valence-corrected chi connectivity index (χ3v) is 3.34. The smallest absolute Gasteiger partial charge is 0.312 e. The summed E-state index contributed by atoms with van der Waals surface area (Å²) < 4.78 is 0. The summed E-state index contributed by atoms with van der Waals surface area (Å²) in [6, 6.07) is 9.03. The molecule has 2 rings (SSSR count). The van der Waals surface area contributed by atoms with Crippen LogP contribution in [0.3, 0.4) is 0 Å². The Morgan fingerprint density at radius 3 is 2.52 bits per heavy atom. The largest absolute Gasteiger partial charge is 0.373 e. The Morgan fingerprint density at radius 1 is 1.24 bits per heavy atom. The topological polar surface area (TPSA) is 71.3 Å². The van der Waals surface area contributed by atoms with Gasteiger partial charge in [0.25, 0.3) is 0 Å². The highest BCUT2D eigenvalue weighted by atomic mass is 16.6. The molecule has 1 heterocycles. The number of hydrogen-bond acceptors (Lipinski definition) is 5. The molecule has 1 N–H and O–H groups in total. The molecule has 0 spiro atoms. The maximum absolute atomic E-state index is 11.2. The third kappa shape index (κ3) is 2.94. The lowest BCUT2D eigenvalue weighted by Gasteiger charge is -2.21. The second kappa shape index (κ2) is 5.78. The molecular weight excluding hydrogens is 268 g/mol. The van der Waals surface area contributed by atoms with Crippen molar-refractivity contribution in [3.63, 3.8) is 0 Å². The van der Waals surface area contributed by atoms with E-state index in [-0.39, 0.29) is 5.69 Å². The Kier molecular flexibility index (Phi) is 4.07. The predicted molar refractivity (Wildman–Crippen MR) is 84.4 cm³/mol. The SMILES string of the molecule is CNc1ccc([N+](=O)[O-])c(N(C)c2ccc(C)cc2C)n1. The van der Waals surface area contributed by atoms with Crippen LogP contribution >= 0.6 is 0 Å². The number of anilines is 3. The molecule has 0 saturated heterocycles. The van der Waals surface area contributed by atoms with Gasteiger partial charge in [-0.05, 0) is 31.5 Å². The van der Waals surface area contributed by atoms with Gasteiger partial charge in [0.15, 0.2) is 0 Å². The van der Waals surface area contributed by atoms with Gasteiger partial charge in [-0.2, -0.15) is 0 Å². The van der Waals surface area contributed by atoms with Crippen molar-refractivity contribution < 1.29 is 4.92 Å². The molecule has 6 nitrogen and oxygen atoms in total. The highest BCUT2D eigenvalue weighted by Crippen LogP contribution is 2.33. The fourth-order valence-electron chi connectivity index (χ4n) is 2.27. The summed E-state index contributed by atoms with van der Waals surface area (Å²) in [5.41, 5.74) is 3.07. The Balaban J connectivity index is 2.55. The van der Waals surface area contributed by atoms with Crippen molar-refractivity contribution >= 4 is 23.0 Å². The summed E-state index contributed by atoms with van der Waals surface area (Å²) in [4.78, 5) is 16.9. The molecule has 0 saturated carbocycles. The summed E-state index contributed by atoms with van der Waals surface area (Å²) >= 11 is 0. The van der Waals surface area contributed by atoms with Crippen LogP contribution in [-0.4, -0.2) is 24.0 Å². The third-order valence-electron chi connectivity index (χ3n) is 3.34. The summed E-state index contributed by atoms with van der Waals surface area (Å²) in [5, 5.41) is 14.1. The van der Waals surface area contributed by atoms with Gasteiger partial charge in [-0.15, -0.1) is 0 Å². The molecular formula is C15H18N4O2. The summed E-state index contributed by atoms with van der Waals surface area (Å²) in [5.74, 6) is 0.908. The van der Waals surface area contributed by atoms with Crippen LogP contribution < -0.4 is 10.2 Å². The van der Waals surface area contributed by atoms with Crippen LogP contribution in [0.25, 0.3) is 0 Å². The number of benzene rings is 1. The van der Waals surface area contributed by atoms with Crippen molar-refractivity contribution in [1.82, 2.24) is 4.98 Å². The molecule has 0 unspecified atom stereocenters. The molecule has 1 aromatic carbocycles. The summed E-state index contributed by atoms with van der Waals surface area (Å²) in [6.07, 6.45) is 0. The van der Waals surface area contributed by atoms with Crippen LogP contribution in [0.4, 0.5) is 23.0 Å². The van der Waals surface area contributed by atoms with E-state index in [1.807, 2.05) is 32.0 Å². The van der Waals surface area contributed by atoms with E-state index < -0.39 is 4.92 Å². The molecule has 1 aromatic heterocycles. The van der Waals surface area contributed by atoms with Crippen LogP contribution in [0.5, 0.6) is 0 Å². The number of aromatic nitrogens is 1. The van der Waals surface area contributed by atoms with Crippen LogP contribution in [0.2, 0.25) is 0 Å². The van der Waals surface area contributed by atoms with Crippen molar-refractivity contribution in [2.24, 2.45) is 0 Å². The van der Waals surface area contributed by atoms with Gasteiger partial charge >= 0.3 is 5.69 Å². The molecule has 0 radical (unpaired) electrons. The van der Waals surface area contributed by atoms with Gasteiger partial charge in [0.1, 0.15) is 5.82 Å². The number of pyridine rings is 1. The maximum atomic E-state index is 11.2. The number of rotatable bonds is 4.